The maximum Gasteiger partial charge on any atom is 0.247 e. The zero-order valence-electron chi connectivity index (χ0n) is 17.2. The molecule has 4 rings (SSSR count). The molecular weight excluding hydrogens is 484 g/mol. The molecule has 160 valence electrons. The summed E-state index contributed by atoms with van der Waals surface area (Å²) in [6.45, 7) is 1.48. The van der Waals surface area contributed by atoms with Gasteiger partial charge < -0.3 is 14.2 Å². The second kappa shape index (κ2) is 8.72. The van der Waals surface area contributed by atoms with E-state index in [4.69, 9.17) is 14.2 Å². The summed E-state index contributed by atoms with van der Waals surface area (Å²) < 4.78 is 18.3. The molecule has 0 N–H and O–H groups in total. The van der Waals surface area contributed by atoms with E-state index in [1.54, 1.807) is 25.2 Å². The molecule has 0 saturated heterocycles. The van der Waals surface area contributed by atoms with Crippen LogP contribution in [0.15, 0.2) is 46.0 Å². The summed E-state index contributed by atoms with van der Waals surface area (Å²) in [5.41, 5.74) is 2.38. The first kappa shape index (κ1) is 21.4. The molecule has 0 bridgehead atoms. The lowest BCUT2D eigenvalue weighted by atomic mass is 10.1. The van der Waals surface area contributed by atoms with Gasteiger partial charge in [-0.25, -0.2) is 0 Å². The number of benzene rings is 2. The molecular formula is C21H19BrN4O4S. The highest BCUT2D eigenvalue weighted by Crippen LogP contribution is 2.47. The largest absolute Gasteiger partial charge is 0.493 e. The summed E-state index contributed by atoms with van der Waals surface area (Å²) in [7, 11) is 3.10. The Kier molecular flexibility index (Phi) is 6.01. The maximum atomic E-state index is 12.9. The number of hydrogen-bond acceptors (Lipinski definition) is 8. The fourth-order valence-corrected chi connectivity index (χ4v) is 4.23. The molecule has 0 unspecified atom stereocenters. The van der Waals surface area contributed by atoms with Crippen LogP contribution in [0.25, 0.3) is 11.3 Å². The topological polar surface area (TPSA) is 86.7 Å². The van der Waals surface area contributed by atoms with Gasteiger partial charge in [-0.3, -0.25) is 9.69 Å². The Morgan fingerprint density at radius 3 is 2.65 bits per heavy atom. The van der Waals surface area contributed by atoms with Gasteiger partial charge >= 0.3 is 0 Å². The fraction of sp³-hybridized carbons (Fsp3) is 0.238. The summed E-state index contributed by atoms with van der Waals surface area (Å²) in [6, 6.07) is 11.0. The average molecular weight is 503 g/mol. The van der Waals surface area contributed by atoms with Crippen molar-refractivity contribution in [3.8, 4) is 28.6 Å². The van der Waals surface area contributed by atoms with Crippen molar-refractivity contribution in [2.24, 2.45) is 0 Å². The number of methoxy groups -OCH3 is 2. The predicted molar refractivity (Wildman–Crippen MR) is 121 cm³/mol. The highest BCUT2D eigenvalue weighted by atomic mass is 79.9. The van der Waals surface area contributed by atoms with Crippen LogP contribution < -0.4 is 19.1 Å². The van der Waals surface area contributed by atoms with E-state index in [9.17, 15) is 4.79 Å². The Bertz CT molecular complexity index is 1160. The van der Waals surface area contributed by atoms with Crippen molar-refractivity contribution < 1.29 is 19.0 Å². The highest BCUT2D eigenvalue weighted by molar-refractivity contribution is 9.10. The smallest absolute Gasteiger partial charge is 0.247 e. The first-order chi connectivity index (χ1) is 15.0. The van der Waals surface area contributed by atoms with E-state index in [1.165, 1.54) is 18.7 Å². The lowest BCUT2D eigenvalue weighted by Gasteiger charge is -2.31. The number of nitrogens with zero attached hydrogens (tertiary/aromatic N) is 4. The van der Waals surface area contributed by atoms with E-state index in [0.717, 1.165) is 4.47 Å². The maximum absolute atomic E-state index is 12.9. The van der Waals surface area contributed by atoms with Crippen molar-refractivity contribution in [2.75, 3.05) is 25.4 Å². The van der Waals surface area contributed by atoms with E-state index in [2.05, 4.69) is 31.1 Å². The van der Waals surface area contributed by atoms with Crippen molar-refractivity contribution >= 4 is 39.3 Å². The van der Waals surface area contributed by atoms with Crippen LogP contribution in [0.2, 0.25) is 0 Å². The molecule has 1 aliphatic heterocycles. The zero-order chi connectivity index (χ0) is 22.1. The third-order valence-electron chi connectivity index (χ3n) is 4.77. The van der Waals surface area contributed by atoms with Crippen molar-refractivity contribution in [3.63, 3.8) is 0 Å². The summed E-state index contributed by atoms with van der Waals surface area (Å²) in [5.74, 6) is 1.02. The van der Waals surface area contributed by atoms with Crippen LogP contribution in [0, 0.1) is 0 Å². The van der Waals surface area contributed by atoms with Gasteiger partial charge in [0.25, 0.3) is 0 Å². The van der Waals surface area contributed by atoms with Crippen molar-refractivity contribution in [1.82, 2.24) is 15.2 Å². The average Bonchev–Trinajstić information content (AvgIpc) is 2.92. The molecule has 0 fully saturated rings. The number of carbonyl (C=O) groups is 1. The van der Waals surface area contributed by atoms with Crippen LogP contribution in [0.5, 0.6) is 17.4 Å². The molecule has 2 aromatic carbocycles. The minimum Gasteiger partial charge on any atom is -0.493 e. The summed E-state index contributed by atoms with van der Waals surface area (Å²) in [5, 5.41) is 8.97. The molecule has 1 atom stereocenters. The van der Waals surface area contributed by atoms with Gasteiger partial charge in [-0.05, 0) is 24.5 Å². The van der Waals surface area contributed by atoms with Gasteiger partial charge in [0.15, 0.2) is 17.2 Å². The minimum atomic E-state index is -0.882. The third kappa shape index (κ3) is 3.81. The number of amides is 1. The number of hydrogen-bond donors (Lipinski definition) is 0. The molecule has 0 spiro atoms. The Morgan fingerprint density at radius 1 is 1.19 bits per heavy atom. The SMILES string of the molecule is COc1cc(Br)cc([C@@H]2Oc3nc(SC)nnc3-c3ccccc3N2C(C)=O)c1OC. The van der Waals surface area contributed by atoms with E-state index >= 15 is 0 Å². The summed E-state index contributed by atoms with van der Waals surface area (Å²) in [6.07, 6.45) is 0.975. The number of anilines is 1. The van der Waals surface area contributed by atoms with Crippen molar-refractivity contribution in [3.05, 3.63) is 46.4 Å². The lowest BCUT2D eigenvalue weighted by Crippen LogP contribution is -2.36. The Morgan fingerprint density at radius 2 is 1.97 bits per heavy atom. The second-order valence-corrected chi connectivity index (χ2v) is 8.25. The molecule has 3 aromatic rings. The van der Waals surface area contributed by atoms with Crippen LogP contribution in [-0.2, 0) is 4.79 Å². The van der Waals surface area contributed by atoms with E-state index < -0.39 is 6.23 Å². The Balaban J connectivity index is 2.03. The number of aromatic nitrogens is 3. The van der Waals surface area contributed by atoms with Crippen LogP contribution in [0.1, 0.15) is 18.7 Å². The molecule has 1 aromatic heterocycles. The minimum absolute atomic E-state index is 0.218. The predicted octanol–water partition coefficient (Wildman–Crippen LogP) is 4.48. The molecule has 0 radical (unpaired) electrons. The van der Waals surface area contributed by atoms with E-state index in [0.29, 0.717) is 39.2 Å². The van der Waals surface area contributed by atoms with Crippen LogP contribution in [0.4, 0.5) is 5.69 Å². The van der Waals surface area contributed by atoms with Gasteiger partial charge in [0, 0.05) is 17.0 Å². The third-order valence-corrected chi connectivity index (χ3v) is 5.77. The number of rotatable bonds is 4. The van der Waals surface area contributed by atoms with E-state index in [-0.39, 0.29) is 11.8 Å². The Hall–Kier alpha value is -2.85. The molecule has 0 saturated carbocycles. The fourth-order valence-electron chi connectivity index (χ4n) is 3.48. The number of thioether (sulfide) groups is 1. The van der Waals surface area contributed by atoms with Gasteiger partial charge in [-0.15, -0.1) is 10.2 Å². The monoisotopic (exact) mass is 502 g/mol. The quantitative estimate of drug-likeness (QED) is 0.482. The Labute approximate surface area is 192 Å². The first-order valence-corrected chi connectivity index (χ1v) is 11.3. The van der Waals surface area contributed by atoms with Crippen LogP contribution in [-0.4, -0.2) is 41.6 Å². The molecule has 31 heavy (non-hydrogen) atoms. The number of fused-ring (bicyclic) bond motifs is 3. The molecule has 1 amide bonds. The van der Waals surface area contributed by atoms with Gasteiger partial charge in [0.1, 0.15) is 0 Å². The second-order valence-electron chi connectivity index (χ2n) is 6.56. The number of halogens is 1. The molecule has 8 nitrogen and oxygen atoms in total. The van der Waals surface area contributed by atoms with Crippen molar-refractivity contribution in [1.29, 1.82) is 0 Å². The first-order valence-electron chi connectivity index (χ1n) is 9.24. The van der Waals surface area contributed by atoms with Crippen LogP contribution in [0.3, 0.4) is 0 Å². The number of carbonyl (C=O) groups excluding carboxylic acids is 1. The van der Waals surface area contributed by atoms with Crippen molar-refractivity contribution in [2.45, 2.75) is 18.3 Å². The zero-order valence-corrected chi connectivity index (χ0v) is 19.7. The number of ether oxygens (including phenoxy) is 3. The molecule has 0 aliphatic carbocycles. The summed E-state index contributed by atoms with van der Waals surface area (Å²) >= 11 is 4.86. The van der Waals surface area contributed by atoms with Crippen LogP contribution >= 0.6 is 27.7 Å². The van der Waals surface area contributed by atoms with Gasteiger partial charge in [-0.1, -0.05) is 45.9 Å². The highest BCUT2D eigenvalue weighted by Gasteiger charge is 2.37. The van der Waals surface area contributed by atoms with Gasteiger partial charge in [0.2, 0.25) is 23.2 Å². The number of para-hydroxylation sites is 1. The molecule has 1 aliphatic rings. The standard InChI is InChI=1S/C21H19BrN4O4S/c1-11(27)26-15-8-6-5-7-13(15)17-19(23-21(31-4)25-24-17)30-20(26)14-9-12(22)10-16(28-2)18(14)29-3/h5-10,20H,1-4H3/t20-/m0/s1. The molecule has 2 heterocycles. The normalized spacial score (nSPS) is 14.7. The lowest BCUT2D eigenvalue weighted by molar-refractivity contribution is -0.118. The van der Waals surface area contributed by atoms with E-state index in [1.807, 2.05) is 36.6 Å². The molecule has 10 heteroatoms. The van der Waals surface area contributed by atoms with Gasteiger partial charge in [0.05, 0.1) is 25.5 Å². The summed E-state index contributed by atoms with van der Waals surface area (Å²) in [4.78, 5) is 19.0. The van der Waals surface area contributed by atoms with Gasteiger partial charge in [-0.2, -0.15) is 4.98 Å².